The highest BCUT2D eigenvalue weighted by Crippen LogP contribution is 2.28. The van der Waals surface area contributed by atoms with Crippen LogP contribution in [-0.2, 0) is 6.42 Å². The minimum atomic E-state index is 0.216. The Morgan fingerprint density at radius 3 is 2.94 bits per heavy atom. The number of nitrogens with one attached hydrogen (secondary N) is 1. The van der Waals surface area contributed by atoms with Crippen LogP contribution in [-0.4, -0.2) is 12.0 Å². The summed E-state index contributed by atoms with van der Waals surface area (Å²) in [6.45, 7) is 2.03. The van der Waals surface area contributed by atoms with Gasteiger partial charge in [0, 0.05) is 29.1 Å². The van der Waals surface area contributed by atoms with E-state index in [2.05, 4.69) is 16.4 Å². The van der Waals surface area contributed by atoms with Crippen LogP contribution in [0.1, 0.15) is 22.2 Å². The van der Waals surface area contributed by atoms with E-state index < -0.39 is 0 Å². The van der Waals surface area contributed by atoms with Crippen molar-refractivity contribution in [2.75, 3.05) is 7.05 Å². The molecule has 1 heterocycles. The van der Waals surface area contributed by atoms with E-state index >= 15 is 0 Å². The normalized spacial score (nSPS) is 12.6. The molecule has 90 valence electrons. The number of halogens is 1. The van der Waals surface area contributed by atoms with Crippen LogP contribution >= 0.6 is 22.9 Å². The molecule has 17 heavy (non-hydrogen) atoms. The quantitative estimate of drug-likeness (QED) is 0.915. The van der Waals surface area contributed by atoms with Gasteiger partial charge in [-0.15, -0.1) is 11.3 Å². The fourth-order valence-corrected chi connectivity index (χ4v) is 2.76. The number of benzene rings is 1. The van der Waals surface area contributed by atoms with Crippen LogP contribution in [0, 0.1) is 6.92 Å². The second-order valence-electron chi connectivity index (χ2n) is 3.95. The molecule has 0 saturated carbocycles. The highest BCUT2D eigenvalue weighted by molar-refractivity contribution is 7.09. The monoisotopic (exact) mass is 266 g/mol. The van der Waals surface area contributed by atoms with Crippen molar-refractivity contribution in [3.05, 3.63) is 50.9 Å². The Kier molecular flexibility index (Phi) is 4.15. The van der Waals surface area contributed by atoms with Crippen molar-refractivity contribution in [3.63, 3.8) is 0 Å². The summed E-state index contributed by atoms with van der Waals surface area (Å²) in [5.41, 5.74) is 2.26. The molecule has 0 saturated heterocycles. The van der Waals surface area contributed by atoms with Crippen molar-refractivity contribution < 1.29 is 0 Å². The van der Waals surface area contributed by atoms with Crippen LogP contribution in [0.5, 0.6) is 0 Å². The van der Waals surface area contributed by atoms with Crippen molar-refractivity contribution >= 4 is 22.9 Å². The van der Waals surface area contributed by atoms with E-state index in [1.807, 2.05) is 37.7 Å². The molecule has 0 aliphatic rings. The van der Waals surface area contributed by atoms with Crippen LogP contribution in [0.4, 0.5) is 0 Å². The lowest BCUT2D eigenvalue weighted by Gasteiger charge is -2.17. The van der Waals surface area contributed by atoms with Gasteiger partial charge in [-0.3, -0.25) is 0 Å². The zero-order valence-electron chi connectivity index (χ0n) is 9.90. The number of aromatic nitrogens is 1. The summed E-state index contributed by atoms with van der Waals surface area (Å²) in [6.07, 6.45) is 2.71. The van der Waals surface area contributed by atoms with Crippen molar-refractivity contribution in [2.45, 2.75) is 19.4 Å². The molecule has 0 bridgehead atoms. The van der Waals surface area contributed by atoms with Crippen LogP contribution in [0.2, 0.25) is 5.02 Å². The average molecular weight is 267 g/mol. The zero-order chi connectivity index (χ0) is 12.3. The number of nitrogens with zero attached hydrogens (tertiary/aromatic N) is 1. The van der Waals surface area contributed by atoms with Crippen molar-refractivity contribution in [1.82, 2.24) is 10.3 Å². The summed E-state index contributed by atoms with van der Waals surface area (Å²) in [5, 5.41) is 7.28. The molecule has 1 N–H and O–H groups in total. The maximum absolute atomic E-state index is 6.35. The third-order valence-electron chi connectivity index (χ3n) is 2.81. The lowest BCUT2D eigenvalue weighted by molar-refractivity contribution is 0.590. The number of rotatable bonds is 4. The zero-order valence-corrected chi connectivity index (χ0v) is 11.5. The molecule has 0 fully saturated rings. The van der Waals surface area contributed by atoms with Gasteiger partial charge in [-0.05, 0) is 25.1 Å². The second kappa shape index (κ2) is 5.63. The van der Waals surface area contributed by atoms with Crippen LogP contribution in [0.25, 0.3) is 0 Å². The standard InChI is InChI=1S/C13H15ClN2S/c1-9-4-3-5-10(13(9)14)11(15-2)8-12-16-6-7-17-12/h3-7,11,15H,8H2,1-2H3. The van der Waals surface area contributed by atoms with E-state index in [4.69, 9.17) is 11.6 Å². The van der Waals surface area contributed by atoms with Crippen molar-refractivity contribution in [1.29, 1.82) is 0 Å². The Labute approximate surface area is 111 Å². The number of aryl methyl sites for hydroxylation is 1. The fourth-order valence-electron chi connectivity index (χ4n) is 1.84. The number of hydrogen-bond acceptors (Lipinski definition) is 3. The minimum absolute atomic E-state index is 0.216. The summed E-state index contributed by atoms with van der Waals surface area (Å²) < 4.78 is 0. The topological polar surface area (TPSA) is 24.9 Å². The van der Waals surface area contributed by atoms with Crippen molar-refractivity contribution in [3.8, 4) is 0 Å². The fraction of sp³-hybridized carbons (Fsp3) is 0.308. The Balaban J connectivity index is 2.26. The lowest BCUT2D eigenvalue weighted by Crippen LogP contribution is -2.19. The van der Waals surface area contributed by atoms with E-state index in [1.54, 1.807) is 11.3 Å². The van der Waals surface area contributed by atoms with E-state index in [9.17, 15) is 0 Å². The predicted molar refractivity (Wildman–Crippen MR) is 73.8 cm³/mol. The number of thiazole rings is 1. The highest BCUT2D eigenvalue weighted by atomic mass is 35.5. The summed E-state index contributed by atoms with van der Waals surface area (Å²) in [4.78, 5) is 4.32. The summed E-state index contributed by atoms with van der Waals surface area (Å²) in [6, 6.07) is 6.36. The Morgan fingerprint density at radius 2 is 2.29 bits per heavy atom. The van der Waals surface area contributed by atoms with Crippen LogP contribution in [0.15, 0.2) is 29.8 Å². The van der Waals surface area contributed by atoms with Crippen LogP contribution < -0.4 is 5.32 Å². The SMILES string of the molecule is CNC(Cc1nccs1)c1cccc(C)c1Cl. The van der Waals surface area contributed by atoms with E-state index in [1.165, 1.54) is 0 Å². The Hall–Kier alpha value is -0.900. The third-order valence-corrected chi connectivity index (χ3v) is 4.13. The maximum Gasteiger partial charge on any atom is 0.0943 e. The predicted octanol–water partition coefficient (Wildman–Crippen LogP) is 3.61. The van der Waals surface area contributed by atoms with E-state index in [0.717, 1.165) is 27.6 Å². The molecule has 0 aliphatic carbocycles. The second-order valence-corrected chi connectivity index (χ2v) is 5.31. The molecule has 1 atom stereocenters. The van der Waals surface area contributed by atoms with Gasteiger partial charge in [0.05, 0.1) is 5.01 Å². The van der Waals surface area contributed by atoms with E-state index in [-0.39, 0.29) is 6.04 Å². The first-order chi connectivity index (χ1) is 8.22. The first kappa shape index (κ1) is 12.6. The summed E-state index contributed by atoms with van der Waals surface area (Å²) in [7, 11) is 1.96. The molecular weight excluding hydrogens is 252 g/mol. The van der Waals surface area contributed by atoms with E-state index in [0.29, 0.717) is 0 Å². The Morgan fingerprint density at radius 1 is 1.47 bits per heavy atom. The largest absolute Gasteiger partial charge is 0.313 e. The molecule has 2 nitrogen and oxygen atoms in total. The molecule has 0 radical (unpaired) electrons. The molecule has 2 aromatic rings. The van der Waals surface area contributed by atoms with Gasteiger partial charge in [-0.1, -0.05) is 29.8 Å². The van der Waals surface area contributed by atoms with Gasteiger partial charge in [0.2, 0.25) is 0 Å². The van der Waals surface area contributed by atoms with Crippen LogP contribution in [0.3, 0.4) is 0 Å². The average Bonchev–Trinajstić information content (AvgIpc) is 2.83. The third kappa shape index (κ3) is 2.86. The first-order valence-electron chi connectivity index (χ1n) is 5.53. The van der Waals surface area contributed by atoms with Gasteiger partial charge >= 0.3 is 0 Å². The van der Waals surface area contributed by atoms with Gasteiger partial charge in [-0.25, -0.2) is 4.98 Å². The maximum atomic E-state index is 6.35. The van der Waals surface area contributed by atoms with Gasteiger partial charge in [-0.2, -0.15) is 0 Å². The number of hydrogen-bond donors (Lipinski definition) is 1. The molecule has 0 amide bonds. The molecule has 4 heteroatoms. The number of likely N-dealkylation sites (N-methyl/N-ethyl adjacent to an activating group) is 1. The summed E-state index contributed by atoms with van der Waals surface area (Å²) >= 11 is 8.03. The lowest BCUT2D eigenvalue weighted by atomic mass is 10.0. The molecule has 2 rings (SSSR count). The molecule has 0 spiro atoms. The molecule has 1 aromatic heterocycles. The highest BCUT2D eigenvalue weighted by Gasteiger charge is 2.15. The van der Waals surface area contributed by atoms with Gasteiger partial charge in [0.15, 0.2) is 0 Å². The molecular formula is C13H15ClN2S. The molecule has 0 aliphatic heterocycles. The minimum Gasteiger partial charge on any atom is -0.313 e. The Bertz CT molecular complexity index is 482. The molecule has 1 aromatic carbocycles. The van der Waals surface area contributed by atoms with Gasteiger partial charge < -0.3 is 5.32 Å². The first-order valence-corrected chi connectivity index (χ1v) is 6.78. The summed E-state index contributed by atoms with van der Waals surface area (Å²) in [5.74, 6) is 0. The van der Waals surface area contributed by atoms with Crippen molar-refractivity contribution in [2.24, 2.45) is 0 Å². The smallest absolute Gasteiger partial charge is 0.0943 e. The molecule has 1 unspecified atom stereocenters. The van der Waals surface area contributed by atoms with Gasteiger partial charge in [0.1, 0.15) is 0 Å². The van der Waals surface area contributed by atoms with Gasteiger partial charge in [0.25, 0.3) is 0 Å².